The normalized spacial score (nSPS) is 10.4. The summed E-state index contributed by atoms with van der Waals surface area (Å²) in [6, 6.07) is 3.00. The number of anilines is 2. The lowest BCUT2D eigenvalue weighted by Gasteiger charge is -2.11. The van der Waals surface area contributed by atoms with E-state index in [1.165, 1.54) is 18.2 Å². The van der Waals surface area contributed by atoms with Gasteiger partial charge in [-0.2, -0.15) is 0 Å². The molecule has 10 heteroatoms. The molecule has 0 spiro atoms. The molecule has 2 rings (SSSR count). The first-order chi connectivity index (χ1) is 11.2. The minimum absolute atomic E-state index is 0.0978. The molecule has 3 N–H and O–H groups in total. The van der Waals surface area contributed by atoms with E-state index in [0.717, 1.165) is 0 Å². The fourth-order valence-electron chi connectivity index (χ4n) is 1.77. The van der Waals surface area contributed by atoms with Crippen LogP contribution in [-0.2, 0) is 0 Å². The van der Waals surface area contributed by atoms with Gasteiger partial charge in [-0.3, -0.25) is 0 Å². The van der Waals surface area contributed by atoms with Gasteiger partial charge in [0, 0.05) is 15.7 Å². The Kier molecular flexibility index (Phi) is 5.20. The highest BCUT2D eigenvalue weighted by Gasteiger charge is 2.24. The molecule has 2 aromatic carbocycles. The van der Waals surface area contributed by atoms with E-state index in [1.54, 1.807) is 5.32 Å². The van der Waals surface area contributed by atoms with E-state index in [-0.39, 0.29) is 21.8 Å². The minimum atomic E-state index is -1.82. The number of aromatic carboxylic acids is 1. The van der Waals surface area contributed by atoms with Crippen LogP contribution in [0.1, 0.15) is 10.4 Å². The fourth-order valence-corrected chi connectivity index (χ4v) is 2.30. The van der Waals surface area contributed by atoms with Crippen molar-refractivity contribution >= 4 is 46.6 Å². The SMILES string of the molecule is O=C(Nc1cc(Cl)cc(Cl)c1)Nc1c(F)c(F)cc(C(=O)O)c1F. The molecule has 2 amide bonds. The number of benzene rings is 2. The number of carboxylic acids is 1. The summed E-state index contributed by atoms with van der Waals surface area (Å²) in [5.74, 6) is -6.82. The third-order valence-corrected chi connectivity index (χ3v) is 3.18. The van der Waals surface area contributed by atoms with Crippen LogP contribution >= 0.6 is 23.2 Å². The first-order valence-corrected chi connectivity index (χ1v) is 6.89. The van der Waals surface area contributed by atoms with E-state index >= 15 is 0 Å². The topological polar surface area (TPSA) is 78.4 Å². The van der Waals surface area contributed by atoms with Crippen molar-refractivity contribution in [3.63, 3.8) is 0 Å². The zero-order valence-corrected chi connectivity index (χ0v) is 13.0. The largest absolute Gasteiger partial charge is 0.478 e. The predicted molar refractivity (Wildman–Crippen MR) is 82.4 cm³/mol. The van der Waals surface area contributed by atoms with Gasteiger partial charge in [0.15, 0.2) is 17.5 Å². The van der Waals surface area contributed by atoms with E-state index in [9.17, 15) is 22.8 Å². The molecule has 0 saturated carbocycles. The molecule has 0 unspecified atom stereocenters. The summed E-state index contributed by atoms with van der Waals surface area (Å²) in [7, 11) is 0. The second kappa shape index (κ2) is 6.98. The number of rotatable bonds is 3. The van der Waals surface area contributed by atoms with Crippen LogP contribution in [0.2, 0.25) is 10.0 Å². The van der Waals surface area contributed by atoms with Crippen molar-refractivity contribution in [3.8, 4) is 0 Å². The number of hydrogen-bond acceptors (Lipinski definition) is 2. The molecular weight excluding hydrogens is 372 g/mol. The Labute approximate surface area is 143 Å². The summed E-state index contributed by atoms with van der Waals surface area (Å²) in [6.07, 6.45) is 0. The third-order valence-electron chi connectivity index (χ3n) is 2.75. The van der Waals surface area contributed by atoms with Gasteiger partial charge in [-0.05, 0) is 24.3 Å². The molecule has 0 aliphatic rings. The number of carboxylic acid groups (broad SMARTS) is 1. The summed E-state index contributed by atoms with van der Waals surface area (Å²) in [5, 5.41) is 13.0. The van der Waals surface area contributed by atoms with Crippen LogP contribution < -0.4 is 10.6 Å². The Balaban J connectivity index is 2.30. The average Bonchev–Trinajstić information content (AvgIpc) is 2.46. The first-order valence-electron chi connectivity index (χ1n) is 6.14. The van der Waals surface area contributed by atoms with Gasteiger partial charge < -0.3 is 15.7 Å². The zero-order valence-electron chi connectivity index (χ0n) is 11.5. The van der Waals surface area contributed by atoms with E-state index < -0.39 is 40.7 Å². The van der Waals surface area contributed by atoms with E-state index in [1.807, 2.05) is 0 Å². The summed E-state index contributed by atoms with van der Waals surface area (Å²) in [4.78, 5) is 22.6. The Bertz CT molecular complexity index is 826. The summed E-state index contributed by atoms with van der Waals surface area (Å²) in [6.45, 7) is 0. The summed E-state index contributed by atoms with van der Waals surface area (Å²) in [5.41, 5.74) is -2.27. The van der Waals surface area contributed by atoms with Crippen molar-refractivity contribution in [3.05, 3.63) is 57.3 Å². The highest BCUT2D eigenvalue weighted by atomic mass is 35.5. The van der Waals surface area contributed by atoms with Gasteiger partial charge in [-0.15, -0.1) is 0 Å². The maximum Gasteiger partial charge on any atom is 0.338 e. The fraction of sp³-hybridized carbons (Fsp3) is 0. The number of carbonyl (C=O) groups is 2. The van der Waals surface area contributed by atoms with Gasteiger partial charge in [0.25, 0.3) is 0 Å². The molecule has 0 aliphatic carbocycles. The number of urea groups is 1. The van der Waals surface area contributed by atoms with E-state index in [0.29, 0.717) is 0 Å². The quantitative estimate of drug-likeness (QED) is 0.674. The zero-order chi connectivity index (χ0) is 18.0. The van der Waals surface area contributed by atoms with Crippen molar-refractivity contribution < 1.29 is 27.9 Å². The van der Waals surface area contributed by atoms with Gasteiger partial charge in [0.05, 0.1) is 0 Å². The first kappa shape index (κ1) is 17.9. The van der Waals surface area contributed by atoms with Crippen LogP contribution in [0.4, 0.5) is 29.3 Å². The second-order valence-electron chi connectivity index (χ2n) is 4.45. The maximum absolute atomic E-state index is 13.9. The molecule has 2 aromatic rings. The highest BCUT2D eigenvalue weighted by molar-refractivity contribution is 6.35. The average molecular weight is 379 g/mol. The van der Waals surface area contributed by atoms with E-state index in [2.05, 4.69) is 5.32 Å². The lowest BCUT2D eigenvalue weighted by molar-refractivity contribution is 0.0691. The minimum Gasteiger partial charge on any atom is -0.478 e. The number of hydrogen-bond donors (Lipinski definition) is 3. The monoisotopic (exact) mass is 378 g/mol. The molecule has 0 radical (unpaired) electrons. The van der Waals surface area contributed by atoms with Crippen LogP contribution in [0.15, 0.2) is 24.3 Å². The number of halogens is 5. The Hall–Kier alpha value is -2.45. The second-order valence-corrected chi connectivity index (χ2v) is 5.32. The molecule has 0 saturated heterocycles. The van der Waals surface area contributed by atoms with Crippen LogP contribution in [0.5, 0.6) is 0 Å². The van der Waals surface area contributed by atoms with Crippen molar-refractivity contribution in [2.45, 2.75) is 0 Å². The number of nitrogens with one attached hydrogen (secondary N) is 2. The van der Waals surface area contributed by atoms with Crippen LogP contribution in [0.3, 0.4) is 0 Å². The Morgan fingerprint density at radius 1 is 0.917 bits per heavy atom. The smallest absolute Gasteiger partial charge is 0.338 e. The van der Waals surface area contributed by atoms with Gasteiger partial charge in [0.1, 0.15) is 11.3 Å². The van der Waals surface area contributed by atoms with Gasteiger partial charge >= 0.3 is 12.0 Å². The van der Waals surface area contributed by atoms with Gasteiger partial charge in [0.2, 0.25) is 0 Å². The van der Waals surface area contributed by atoms with Gasteiger partial charge in [-0.1, -0.05) is 23.2 Å². The van der Waals surface area contributed by atoms with Crippen molar-refractivity contribution in [2.75, 3.05) is 10.6 Å². The molecule has 0 fully saturated rings. The molecule has 0 aliphatic heterocycles. The van der Waals surface area contributed by atoms with E-state index in [4.69, 9.17) is 28.3 Å². The molecular formula is C14H7Cl2F3N2O3. The molecule has 5 nitrogen and oxygen atoms in total. The van der Waals surface area contributed by atoms with Crippen LogP contribution in [0.25, 0.3) is 0 Å². The third kappa shape index (κ3) is 3.90. The molecule has 0 heterocycles. The lowest BCUT2D eigenvalue weighted by atomic mass is 10.1. The summed E-state index contributed by atoms with van der Waals surface area (Å²) >= 11 is 11.5. The maximum atomic E-state index is 13.9. The van der Waals surface area contributed by atoms with Crippen molar-refractivity contribution in [1.82, 2.24) is 0 Å². The Morgan fingerprint density at radius 3 is 2.04 bits per heavy atom. The van der Waals surface area contributed by atoms with Crippen molar-refractivity contribution in [2.24, 2.45) is 0 Å². The highest BCUT2D eigenvalue weighted by Crippen LogP contribution is 2.26. The molecule has 0 aromatic heterocycles. The standard InChI is InChI=1S/C14H7Cl2F3N2O3/c15-5-1-6(16)3-7(2-5)20-14(24)21-12-10(18)8(13(22)23)4-9(17)11(12)19/h1-4H,(H,22,23)(H2,20,21,24). The Morgan fingerprint density at radius 2 is 1.50 bits per heavy atom. The summed E-state index contributed by atoms with van der Waals surface area (Å²) < 4.78 is 40.9. The predicted octanol–water partition coefficient (Wildman–Crippen LogP) is 4.75. The molecule has 0 atom stereocenters. The molecule has 126 valence electrons. The molecule has 24 heavy (non-hydrogen) atoms. The van der Waals surface area contributed by atoms with Crippen molar-refractivity contribution in [1.29, 1.82) is 0 Å². The molecule has 0 bridgehead atoms. The van der Waals surface area contributed by atoms with Gasteiger partial charge in [-0.25, -0.2) is 22.8 Å². The number of carbonyl (C=O) groups excluding carboxylic acids is 1. The number of amides is 2. The van der Waals surface area contributed by atoms with Crippen LogP contribution in [0, 0.1) is 17.5 Å². The lowest BCUT2D eigenvalue weighted by Crippen LogP contribution is -2.22. The van der Waals surface area contributed by atoms with Crippen LogP contribution in [-0.4, -0.2) is 17.1 Å².